The smallest absolute Gasteiger partial charge is 0.0844 e. The first-order chi connectivity index (χ1) is 4.70. The maximum Gasteiger partial charge on any atom is 0.0844 e. The van der Waals surface area contributed by atoms with E-state index in [0.717, 1.165) is 12.1 Å². The third kappa shape index (κ3) is 1.96. The van der Waals surface area contributed by atoms with Crippen LogP contribution in [0.2, 0.25) is 0 Å². The number of hydrogen-bond acceptors (Lipinski definition) is 1. The third-order valence-corrected chi connectivity index (χ3v) is 2.55. The van der Waals surface area contributed by atoms with Crippen LogP contribution in [-0.2, 0) is 0 Å². The highest BCUT2D eigenvalue weighted by atomic mass is 15.1. The lowest BCUT2D eigenvalue weighted by Gasteiger charge is -2.29. The molecule has 1 fully saturated rings. The van der Waals surface area contributed by atoms with Crippen LogP contribution >= 0.6 is 0 Å². The molecule has 1 aliphatic rings. The number of hydrogen-bond donors (Lipinski definition) is 1. The Balaban J connectivity index is 2.26. The molecule has 60 valence electrons. The molecule has 0 radical (unpaired) electrons. The Morgan fingerprint density at radius 3 is 2.00 bits per heavy atom. The fourth-order valence-electron chi connectivity index (χ4n) is 1.66. The van der Waals surface area contributed by atoms with Crippen LogP contribution in [-0.4, -0.2) is 31.1 Å². The Bertz CT molecular complexity index is 93.4. The average molecular weight is 143 g/mol. The Morgan fingerprint density at radius 1 is 1.10 bits per heavy atom. The summed E-state index contributed by atoms with van der Waals surface area (Å²) in [4.78, 5) is 2.34. The van der Waals surface area contributed by atoms with Crippen LogP contribution < -0.4 is 5.73 Å². The summed E-state index contributed by atoms with van der Waals surface area (Å²) < 4.78 is 0. The molecule has 1 aliphatic carbocycles. The van der Waals surface area contributed by atoms with Crippen LogP contribution in [0.5, 0.6) is 0 Å². The van der Waals surface area contributed by atoms with Crippen LogP contribution in [0.15, 0.2) is 0 Å². The number of nitrogens with zero attached hydrogens (tertiary/aromatic N) is 1. The standard InChI is InChI=1S/C8H18N2/c1-10(2)8-5-3-7(9)4-6-8/h7-8H,3-6,9H2,1-2H3/p+1. The fraction of sp³-hybridized carbons (Fsp3) is 1.00. The van der Waals surface area contributed by atoms with Crippen molar-refractivity contribution in [3.8, 4) is 0 Å². The molecule has 0 bridgehead atoms. The Kier molecular flexibility index (Phi) is 2.69. The molecule has 2 heteroatoms. The van der Waals surface area contributed by atoms with Crippen molar-refractivity contribution in [3.63, 3.8) is 0 Å². The van der Waals surface area contributed by atoms with Gasteiger partial charge in [-0.1, -0.05) is 0 Å². The molecule has 0 heterocycles. The van der Waals surface area contributed by atoms with Gasteiger partial charge >= 0.3 is 0 Å². The van der Waals surface area contributed by atoms with E-state index in [2.05, 4.69) is 24.7 Å². The zero-order chi connectivity index (χ0) is 7.56. The molecule has 2 nitrogen and oxygen atoms in total. The molecule has 0 spiro atoms. The zero-order valence-electron chi connectivity index (χ0n) is 7.14. The third-order valence-electron chi connectivity index (χ3n) is 2.55. The molecule has 1 saturated carbocycles. The summed E-state index contributed by atoms with van der Waals surface area (Å²) in [6, 6.07) is 1.56. The van der Waals surface area contributed by atoms with E-state index in [1.807, 2.05) is 0 Å². The van der Waals surface area contributed by atoms with Gasteiger partial charge < -0.3 is 10.6 Å². The Hall–Kier alpha value is -0.0800. The number of quaternary nitrogens is 1. The summed E-state index contributed by atoms with van der Waals surface area (Å²) >= 11 is 0. The van der Waals surface area contributed by atoms with Crippen molar-refractivity contribution in [2.75, 3.05) is 14.1 Å². The van der Waals surface area contributed by atoms with Crippen molar-refractivity contribution in [3.05, 3.63) is 0 Å². The van der Waals surface area contributed by atoms with E-state index >= 15 is 0 Å². The molecule has 0 saturated heterocycles. The maximum absolute atomic E-state index is 4.07. The van der Waals surface area contributed by atoms with E-state index in [4.69, 9.17) is 0 Å². The van der Waals surface area contributed by atoms with Crippen molar-refractivity contribution < 1.29 is 5.73 Å². The maximum atomic E-state index is 4.07. The number of rotatable bonds is 1. The van der Waals surface area contributed by atoms with Crippen LogP contribution in [0.4, 0.5) is 0 Å². The monoisotopic (exact) mass is 143 g/mol. The Morgan fingerprint density at radius 2 is 1.60 bits per heavy atom. The lowest BCUT2D eigenvalue weighted by Crippen LogP contribution is -2.62. The van der Waals surface area contributed by atoms with Gasteiger partial charge in [0.15, 0.2) is 0 Å². The van der Waals surface area contributed by atoms with E-state index in [1.165, 1.54) is 25.7 Å². The van der Waals surface area contributed by atoms with Crippen LogP contribution in [0.3, 0.4) is 0 Å². The summed E-state index contributed by atoms with van der Waals surface area (Å²) in [5.41, 5.74) is 4.07. The second kappa shape index (κ2) is 3.35. The second-order valence-corrected chi connectivity index (χ2v) is 3.64. The van der Waals surface area contributed by atoms with Crippen LogP contribution in [0.25, 0.3) is 0 Å². The lowest BCUT2D eigenvalue weighted by molar-refractivity contribution is -0.426. The fourth-order valence-corrected chi connectivity index (χ4v) is 1.66. The lowest BCUT2D eigenvalue weighted by atomic mass is 9.91. The molecule has 0 amide bonds. The minimum atomic E-state index is 0.733. The summed E-state index contributed by atoms with van der Waals surface area (Å²) in [7, 11) is 4.35. The highest BCUT2D eigenvalue weighted by Crippen LogP contribution is 2.18. The van der Waals surface area contributed by atoms with E-state index < -0.39 is 0 Å². The molecule has 0 aromatic heterocycles. The SMILES string of the molecule is CN(C)C1CCC([NH3+])CC1. The van der Waals surface area contributed by atoms with E-state index in [0.29, 0.717) is 0 Å². The minimum absolute atomic E-state index is 0.733. The first-order valence-electron chi connectivity index (χ1n) is 4.19. The molecule has 0 aromatic rings. The molecule has 0 aliphatic heterocycles. The molecule has 10 heavy (non-hydrogen) atoms. The van der Waals surface area contributed by atoms with Gasteiger partial charge in [0.2, 0.25) is 0 Å². The van der Waals surface area contributed by atoms with Crippen LogP contribution in [0, 0.1) is 0 Å². The van der Waals surface area contributed by atoms with Gasteiger partial charge in [0.1, 0.15) is 0 Å². The summed E-state index contributed by atoms with van der Waals surface area (Å²) in [5, 5.41) is 0. The second-order valence-electron chi connectivity index (χ2n) is 3.64. The quantitative estimate of drug-likeness (QED) is 0.554. The predicted octanol–water partition coefficient (Wildman–Crippen LogP) is 0.101. The van der Waals surface area contributed by atoms with Gasteiger partial charge in [-0.25, -0.2) is 0 Å². The summed E-state index contributed by atoms with van der Waals surface area (Å²) in [6.07, 6.45) is 5.34. The molecular weight excluding hydrogens is 124 g/mol. The highest BCUT2D eigenvalue weighted by Gasteiger charge is 2.21. The van der Waals surface area contributed by atoms with Gasteiger partial charge in [-0.15, -0.1) is 0 Å². The van der Waals surface area contributed by atoms with Gasteiger partial charge in [0.25, 0.3) is 0 Å². The zero-order valence-corrected chi connectivity index (χ0v) is 7.14. The molecule has 1 rings (SSSR count). The van der Waals surface area contributed by atoms with E-state index in [1.54, 1.807) is 0 Å². The molecule has 0 aromatic carbocycles. The van der Waals surface area contributed by atoms with E-state index in [9.17, 15) is 0 Å². The molecule has 0 unspecified atom stereocenters. The van der Waals surface area contributed by atoms with Gasteiger partial charge in [0.05, 0.1) is 6.04 Å². The van der Waals surface area contributed by atoms with Crippen molar-refractivity contribution in [2.45, 2.75) is 37.8 Å². The molecular formula is C8H19N2+. The van der Waals surface area contributed by atoms with Crippen LogP contribution in [0.1, 0.15) is 25.7 Å². The van der Waals surface area contributed by atoms with Gasteiger partial charge in [0, 0.05) is 18.9 Å². The van der Waals surface area contributed by atoms with Crippen molar-refractivity contribution >= 4 is 0 Å². The molecule has 3 N–H and O–H groups in total. The topological polar surface area (TPSA) is 30.9 Å². The normalized spacial score (nSPS) is 34.8. The first kappa shape index (κ1) is 8.02. The average Bonchev–Trinajstić information content (AvgIpc) is 1.88. The van der Waals surface area contributed by atoms with Gasteiger partial charge in [-0.05, 0) is 26.9 Å². The predicted molar refractivity (Wildman–Crippen MR) is 42.6 cm³/mol. The van der Waals surface area contributed by atoms with Crippen molar-refractivity contribution in [1.82, 2.24) is 4.90 Å². The highest BCUT2D eigenvalue weighted by molar-refractivity contribution is 4.75. The largest absolute Gasteiger partial charge is 0.355 e. The first-order valence-corrected chi connectivity index (χ1v) is 4.19. The summed E-state index contributed by atoms with van der Waals surface area (Å²) in [6.45, 7) is 0. The van der Waals surface area contributed by atoms with Gasteiger partial charge in [-0.3, -0.25) is 0 Å². The van der Waals surface area contributed by atoms with Gasteiger partial charge in [-0.2, -0.15) is 0 Å². The minimum Gasteiger partial charge on any atom is -0.355 e. The summed E-state index contributed by atoms with van der Waals surface area (Å²) in [5.74, 6) is 0. The van der Waals surface area contributed by atoms with E-state index in [-0.39, 0.29) is 0 Å². The molecule has 0 atom stereocenters. The van der Waals surface area contributed by atoms with Crippen molar-refractivity contribution in [2.24, 2.45) is 0 Å². The Labute approximate surface area is 63.4 Å². The van der Waals surface area contributed by atoms with Crippen molar-refractivity contribution in [1.29, 1.82) is 0 Å².